The van der Waals surface area contributed by atoms with Gasteiger partial charge in [-0.3, -0.25) is 9.69 Å². The number of piperazine rings is 1. The van der Waals surface area contributed by atoms with Gasteiger partial charge >= 0.3 is 12.2 Å². The SMILES string of the molecule is CC(C)C(=O)N(CCN1CCN(C(=O)Nc2ccccc2C(F)(F)F)CC1)CC1=CCC2CC1C2(C)C. The second-order valence-corrected chi connectivity index (χ2v) is 11.5. The zero-order valence-corrected chi connectivity index (χ0v) is 22.3. The van der Waals surface area contributed by atoms with E-state index < -0.39 is 17.8 Å². The van der Waals surface area contributed by atoms with Gasteiger partial charge in [0.25, 0.3) is 0 Å². The molecule has 1 aromatic carbocycles. The van der Waals surface area contributed by atoms with Crippen LogP contribution in [0.3, 0.4) is 0 Å². The van der Waals surface area contributed by atoms with Crippen LogP contribution >= 0.6 is 0 Å². The molecule has 204 valence electrons. The minimum atomic E-state index is -4.54. The predicted molar refractivity (Wildman–Crippen MR) is 138 cm³/mol. The van der Waals surface area contributed by atoms with Gasteiger partial charge in [0.2, 0.25) is 5.91 Å². The molecule has 2 fully saturated rings. The summed E-state index contributed by atoms with van der Waals surface area (Å²) >= 11 is 0. The van der Waals surface area contributed by atoms with E-state index in [9.17, 15) is 22.8 Å². The van der Waals surface area contributed by atoms with E-state index in [0.29, 0.717) is 57.1 Å². The molecule has 1 aliphatic heterocycles. The molecule has 9 heteroatoms. The standard InChI is InChI=1S/C28H39F3N4O2/c1-19(2)25(36)35(18-20-9-10-21-17-23(20)27(21,3)4)16-13-33-11-14-34(15-12-33)26(37)32-24-8-6-5-7-22(24)28(29,30)31/h5-9,19,21,23H,10-18H2,1-4H3,(H,32,37). The molecule has 1 saturated carbocycles. The Morgan fingerprint density at radius 3 is 2.41 bits per heavy atom. The van der Waals surface area contributed by atoms with E-state index >= 15 is 0 Å². The molecule has 1 N–H and O–H groups in total. The minimum Gasteiger partial charge on any atom is -0.337 e. The van der Waals surface area contributed by atoms with Crippen molar-refractivity contribution in [2.75, 3.05) is 51.1 Å². The Hall–Kier alpha value is -2.55. The molecule has 1 saturated heterocycles. The molecule has 1 aromatic rings. The highest BCUT2D eigenvalue weighted by atomic mass is 19.4. The van der Waals surface area contributed by atoms with Crippen LogP contribution in [0.4, 0.5) is 23.7 Å². The van der Waals surface area contributed by atoms with Crippen molar-refractivity contribution in [1.82, 2.24) is 14.7 Å². The Kier molecular flexibility index (Phi) is 7.93. The number of hydrogen-bond acceptors (Lipinski definition) is 3. The fourth-order valence-corrected chi connectivity index (χ4v) is 5.98. The van der Waals surface area contributed by atoms with Crippen molar-refractivity contribution >= 4 is 17.6 Å². The van der Waals surface area contributed by atoms with Crippen LogP contribution in [0, 0.1) is 23.2 Å². The number of halogens is 3. The summed E-state index contributed by atoms with van der Waals surface area (Å²) in [7, 11) is 0. The summed E-state index contributed by atoms with van der Waals surface area (Å²) < 4.78 is 39.8. The third-order valence-electron chi connectivity index (χ3n) is 8.58. The lowest BCUT2D eigenvalue weighted by Crippen LogP contribution is -2.53. The van der Waals surface area contributed by atoms with Gasteiger partial charge < -0.3 is 15.1 Å². The zero-order chi connectivity index (χ0) is 27.0. The highest BCUT2D eigenvalue weighted by Gasteiger charge is 2.51. The van der Waals surface area contributed by atoms with Gasteiger partial charge in [0.15, 0.2) is 0 Å². The number of allylic oxidation sites excluding steroid dienone is 1. The van der Waals surface area contributed by atoms with Crippen LogP contribution in [0.5, 0.6) is 0 Å². The largest absolute Gasteiger partial charge is 0.418 e. The molecule has 6 nitrogen and oxygen atoms in total. The third kappa shape index (κ3) is 5.97. The second kappa shape index (κ2) is 10.7. The van der Waals surface area contributed by atoms with E-state index in [4.69, 9.17) is 0 Å². The molecule has 0 spiro atoms. The third-order valence-corrected chi connectivity index (χ3v) is 8.58. The first-order chi connectivity index (χ1) is 17.4. The first-order valence-corrected chi connectivity index (χ1v) is 13.3. The van der Waals surface area contributed by atoms with Crippen molar-refractivity contribution in [2.24, 2.45) is 23.2 Å². The number of carbonyl (C=O) groups is 2. The molecule has 2 unspecified atom stereocenters. The van der Waals surface area contributed by atoms with Gasteiger partial charge in [-0.2, -0.15) is 13.2 Å². The van der Waals surface area contributed by atoms with Crippen LogP contribution in [0.1, 0.15) is 46.1 Å². The molecular weight excluding hydrogens is 481 g/mol. The van der Waals surface area contributed by atoms with E-state index in [1.807, 2.05) is 18.7 Å². The highest BCUT2D eigenvalue weighted by Crippen LogP contribution is 2.59. The van der Waals surface area contributed by atoms with Crippen LogP contribution in [-0.2, 0) is 11.0 Å². The summed E-state index contributed by atoms with van der Waals surface area (Å²) in [5.74, 6) is 1.39. The van der Waals surface area contributed by atoms with E-state index in [1.165, 1.54) is 30.2 Å². The molecule has 1 heterocycles. The first kappa shape index (κ1) is 27.5. The molecule has 2 bridgehead atoms. The number of carbonyl (C=O) groups excluding carboxylic acids is 2. The summed E-state index contributed by atoms with van der Waals surface area (Å²) in [6, 6.07) is 4.48. The van der Waals surface area contributed by atoms with E-state index in [-0.39, 0.29) is 17.5 Å². The fourth-order valence-electron chi connectivity index (χ4n) is 5.98. The van der Waals surface area contributed by atoms with E-state index in [0.717, 1.165) is 18.4 Å². The maximum absolute atomic E-state index is 13.3. The smallest absolute Gasteiger partial charge is 0.337 e. The summed E-state index contributed by atoms with van der Waals surface area (Å²) in [6.07, 6.45) is 0.130. The summed E-state index contributed by atoms with van der Waals surface area (Å²) in [6.45, 7) is 12.6. The molecule has 0 radical (unpaired) electrons. The Balaban J connectivity index is 1.29. The average Bonchev–Trinajstić information content (AvgIpc) is 2.86. The molecule has 2 atom stereocenters. The lowest BCUT2D eigenvalue weighted by molar-refractivity contribution is -0.137. The summed E-state index contributed by atoms with van der Waals surface area (Å²) in [5, 5.41) is 2.43. The van der Waals surface area contributed by atoms with Crippen molar-refractivity contribution in [3.63, 3.8) is 0 Å². The van der Waals surface area contributed by atoms with Crippen LogP contribution < -0.4 is 5.32 Å². The lowest BCUT2D eigenvalue weighted by atomic mass is 9.49. The Morgan fingerprint density at radius 1 is 1.14 bits per heavy atom. The lowest BCUT2D eigenvalue weighted by Gasteiger charge is -2.57. The first-order valence-electron chi connectivity index (χ1n) is 13.3. The van der Waals surface area contributed by atoms with Gasteiger partial charge in [-0.25, -0.2) is 4.79 Å². The van der Waals surface area contributed by atoms with Gasteiger partial charge in [0, 0.05) is 51.7 Å². The van der Waals surface area contributed by atoms with Crippen LogP contribution in [0.15, 0.2) is 35.9 Å². The number of para-hydroxylation sites is 1. The molecule has 5 rings (SSSR count). The number of rotatable bonds is 7. The Morgan fingerprint density at radius 2 is 1.81 bits per heavy atom. The van der Waals surface area contributed by atoms with Crippen LogP contribution in [-0.4, -0.2) is 72.5 Å². The Labute approximate surface area is 217 Å². The summed E-state index contributed by atoms with van der Waals surface area (Å²) in [4.78, 5) is 31.4. The van der Waals surface area contributed by atoms with Gasteiger partial charge in [0.1, 0.15) is 0 Å². The van der Waals surface area contributed by atoms with Crippen molar-refractivity contribution in [1.29, 1.82) is 0 Å². The number of anilines is 1. The number of urea groups is 1. The second-order valence-electron chi connectivity index (χ2n) is 11.5. The van der Waals surface area contributed by atoms with Gasteiger partial charge in [-0.05, 0) is 42.2 Å². The van der Waals surface area contributed by atoms with E-state index in [1.54, 1.807) is 4.90 Å². The topological polar surface area (TPSA) is 55.9 Å². The molecular formula is C28H39F3N4O2. The predicted octanol–water partition coefficient (Wildman–Crippen LogP) is 5.33. The van der Waals surface area contributed by atoms with Gasteiger partial charge in [-0.15, -0.1) is 0 Å². The van der Waals surface area contributed by atoms with Crippen LogP contribution in [0.2, 0.25) is 0 Å². The van der Waals surface area contributed by atoms with Gasteiger partial charge in [0.05, 0.1) is 11.3 Å². The van der Waals surface area contributed by atoms with Crippen molar-refractivity contribution < 1.29 is 22.8 Å². The quantitative estimate of drug-likeness (QED) is 0.495. The van der Waals surface area contributed by atoms with Crippen molar-refractivity contribution in [3.8, 4) is 0 Å². The number of alkyl halides is 3. The van der Waals surface area contributed by atoms with E-state index in [2.05, 4.69) is 30.1 Å². The normalized spacial score (nSPS) is 23.4. The van der Waals surface area contributed by atoms with Crippen molar-refractivity contribution in [2.45, 2.75) is 46.7 Å². The highest BCUT2D eigenvalue weighted by molar-refractivity contribution is 5.90. The number of nitrogens with one attached hydrogen (secondary N) is 1. The molecule has 0 aromatic heterocycles. The zero-order valence-electron chi connectivity index (χ0n) is 22.3. The summed E-state index contributed by atoms with van der Waals surface area (Å²) in [5.41, 5.74) is 0.616. The number of hydrogen-bond donors (Lipinski definition) is 1. The minimum absolute atomic E-state index is 0.0774. The maximum Gasteiger partial charge on any atom is 0.418 e. The maximum atomic E-state index is 13.3. The fraction of sp³-hybridized carbons (Fsp3) is 0.643. The molecule has 4 aliphatic rings. The monoisotopic (exact) mass is 520 g/mol. The van der Waals surface area contributed by atoms with Crippen molar-refractivity contribution in [3.05, 3.63) is 41.5 Å². The number of nitrogens with zero attached hydrogens (tertiary/aromatic N) is 3. The average molecular weight is 521 g/mol. The molecule has 3 amide bonds. The molecule has 3 aliphatic carbocycles. The number of amides is 3. The Bertz CT molecular complexity index is 1030. The van der Waals surface area contributed by atoms with Crippen LogP contribution in [0.25, 0.3) is 0 Å². The number of fused-ring (bicyclic) bond motifs is 1. The number of benzene rings is 1. The molecule has 37 heavy (non-hydrogen) atoms. The van der Waals surface area contributed by atoms with Gasteiger partial charge in [-0.1, -0.05) is 51.5 Å².